The summed E-state index contributed by atoms with van der Waals surface area (Å²) in [5.74, 6) is -1.72. The predicted octanol–water partition coefficient (Wildman–Crippen LogP) is 5.92. The van der Waals surface area contributed by atoms with Crippen molar-refractivity contribution in [2.24, 2.45) is 0 Å². The minimum Gasteiger partial charge on any atom is -0.488 e. The molecular formula is C31H23ClN2O6. The molecule has 0 saturated carbocycles. The number of barbiturate groups is 1. The van der Waals surface area contributed by atoms with E-state index < -0.39 is 23.8 Å². The van der Waals surface area contributed by atoms with Crippen LogP contribution < -0.4 is 15.0 Å². The lowest BCUT2D eigenvalue weighted by Gasteiger charge is -2.26. The second-order valence-corrected chi connectivity index (χ2v) is 9.28. The number of anilines is 1. The molecule has 0 unspecified atom stereocenters. The van der Waals surface area contributed by atoms with Gasteiger partial charge in [-0.1, -0.05) is 54.1 Å². The molecular weight excluding hydrogens is 532 g/mol. The number of hydrogen-bond acceptors (Lipinski definition) is 6. The van der Waals surface area contributed by atoms with E-state index in [9.17, 15) is 19.2 Å². The van der Waals surface area contributed by atoms with Gasteiger partial charge in [0.2, 0.25) is 0 Å². The molecule has 9 heteroatoms. The summed E-state index contributed by atoms with van der Waals surface area (Å²) in [5, 5.41) is 4.47. The van der Waals surface area contributed by atoms with Gasteiger partial charge in [0.05, 0.1) is 17.9 Å². The zero-order chi connectivity index (χ0) is 28.2. The molecule has 1 heterocycles. The maximum absolute atomic E-state index is 13.6. The van der Waals surface area contributed by atoms with E-state index >= 15 is 0 Å². The van der Waals surface area contributed by atoms with Crippen molar-refractivity contribution in [3.05, 3.63) is 112 Å². The third-order valence-electron chi connectivity index (χ3n) is 6.27. The molecule has 0 aliphatic carbocycles. The Kier molecular flexibility index (Phi) is 7.61. The molecule has 1 aliphatic rings. The van der Waals surface area contributed by atoms with E-state index in [1.165, 1.54) is 30.3 Å². The Morgan fingerprint density at radius 2 is 1.65 bits per heavy atom. The molecule has 0 atom stereocenters. The van der Waals surface area contributed by atoms with Crippen molar-refractivity contribution >= 4 is 58.0 Å². The summed E-state index contributed by atoms with van der Waals surface area (Å²) in [5.41, 5.74) is 1.59. The first-order chi connectivity index (χ1) is 19.4. The van der Waals surface area contributed by atoms with Crippen molar-refractivity contribution in [3.8, 4) is 5.75 Å². The van der Waals surface area contributed by atoms with Gasteiger partial charge in [0.15, 0.2) is 0 Å². The van der Waals surface area contributed by atoms with E-state index in [0.717, 1.165) is 21.2 Å². The number of imide groups is 2. The van der Waals surface area contributed by atoms with Crippen molar-refractivity contribution in [2.45, 2.75) is 13.5 Å². The summed E-state index contributed by atoms with van der Waals surface area (Å²) >= 11 is 5.99. The Morgan fingerprint density at radius 1 is 0.925 bits per heavy atom. The lowest BCUT2D eigenvalue weighted by atomic mass is 9.99. The Labute approximate surface area is 234 Å². The Balaban J connectivity index is 1.52. The standard InChI is InChI=1S/C31H23ClN2O6/c1-2-39-30(37)21-9-14-23(15-10-21)34-29(36)26(28(35)33-31(34)38)17-25-24-6-4-3-5-20(24)11-16-27(25)40-18-19-7-12-22(32)13-8-19/h3-17H,2,18H2,1H3,(H,33,35,38)/b26-17+. The number of ether oxygens (including phenoxy) is 2. The first kappa shape index (κ1) is 26.6. The quantitative estimate of drug-likeness (QED) is 0.173. The Hall–Kier alpha value is -4.95. The normalized spacial score (nSPS) is 14.4. The summed E-state index contributed by atoms with van der Waals surface area (Å²) in [4.78, 5) is 52.0. The van der Waals surface area contributed by atoms with Crippen LogP contribution in [0.4, 0.5) is 10.5 Å². The van der Waals surface area contributed by atoms with Crippen molar-refractivity contribution in [1.29, 1.82) is 0 Å². The largest absolute Gasteiger partial charge is 0.488 e. The van der Waals surface area contributed by atoms with E-state index in [1.54, 1.807) is 25.1 Å². The highest BCUT2D eigenvalue weighted by atomic mass is 35.5. The van der Waals surface area contributed by atoms with Gasteiger partial charge in [0.25, 0.3) is 11.8 Å². The number of urea groups is 1. The van der Waals surface area contributed by atoms with Crippen LogP contribution in [0.15, 0.2) is 90.5 Å². The Morgan fingerprint density at radius 3 is 2.38 bits per heavy atom. The molecule has 40 heavy (non-hydrogen) atoms. The van der Waals surface area contributed by atoms with Gasteiger partial charge in [-0.15, -0.1) is 0 Å². The molecule has 0 bridgehead atoms. The molecule has 0 spiro atoms. The molecule has 200 valence electrons. The number of nitrogens with one attached hydrogen (secondary N) is 1. The fourth-order valence-electron chi connectivity index (χ4n) is 4.29. The number of benzene rings is 4. The number of esters is 1. The van der Waals surface area contributed by atoms with Gasteiger partial charge >= 0.3 is 12.0 Å². The smallest absolute Gasteiger partial charge is 0.338 e. The molecule has 5 rings (SSSR count). The van der Waals surface area contributed by atoms with Gasteiger partial charge in [0.1, 0.15) is 17.9 Å². The highest BCUT2D eigenvalue weighted by Gasteiger charge is 2.37. The first-order valence-electron chi connectivity index (χ1n) is 12.4. The van der Waals surface area contributed by atoms with Crippen LogP contribution in [0.25, 0.3) is 16.8 Å². The average Bonchev–Trinajstić information content (AvgIpc) is 2.95. The number of carbonyl (C=O) groups is 4. The predicted molar refractivity (Wildman–Crippen MR) is 151 cm³/mol. The van der Waals surface area contributed by atoms with Crippen LogP contribution in [0.5, 0.6) is 5.75 Å². The molecule has 0 radical (unpaired) electrons. The van der Waals surface area contributed by atoms with E-state index in [0.29, 0.717) is 16.3 Å². The molecule has 0 aromatic heterocycles. The van der Waals surface area contributed by atoms with Crippen molar-refractivity contribution in [3.63, 3.8) is 0 Å². The summed E-state index contributed by atoms with van der Waals surface area (Å²) < 4.78 is 11.1. The van der Waals surface area contributed by atoms with Crippen molar-refractivity contribution < 1.29 is 28.7 Å². The third kappa shape index (κ3) is 5.43. The van der Waals surface area contributed by atoms with Crippen LogP contribution in [0.1, 0.15) is 28.4 Å². The number of nitrogens with zero attached hydrogens (tertiary/aromatic N) is 1. The minimum absolute atomic E-state index is 0.186. The van der Waals surface area contributed by atoms with Gasteiger partial charge in [0, 0.05) is 10.6 Å². The lowest BCUT2D eigenvalue weighted by Crippen LogP contribution is -2.54. The highest BCUT2D eigenvalue weighted by Crippen LogP contribution is 2.32. The monoisotopic (exact) mass is 554 g/mol. The number of hydrogen-bond donors (Lipinski definition) is 1. The fourth-order valence-corrected chi connectivity index (χ4v) is 4.42. The SMILES string of the molecule is CCOC(=O)c1ccc(N2C(=O)NC(=O)/C(=C\c3c(OCc4ccc(Cl)cc4)ccc4ccccc34)C2=O)cc1. The van der Waals surface area contributed by atoms with E-state index in [1.807, 2.05) is 42.5 Å². The number of amides is 4. The zero-order valence-electron chi connectivity index (χ0n) is 21.3. The second kappa shape index (κ2) is 11.4. The average molecular weight is 555 g/mol. The molecule has 4 aromatic rings. The van der Waals surface area contributed by atoms with Gasteiger partial charge in [-0.3, -0.25) is 14.9 Å². The summed E-state index contributed by atoms with van der Waals surface area (Å²) in [6.45, 7) is 2.13. The van der Waals surface area contributed by atoms with Gasteiger partial charge in [-0.2, -0.15) is 0 Å². The van der Waals surface area contributed by atoms with Gasteiger partial charge in [-0.25, -0.2) is 14.5 Å². The summed E-state index contributed by atoms with van der Waals surface area (Å²) in [6, 6.07) is 23.2. The zero-order valence-corrected chi connectivity index (χ0v) is 22.1. The van der Waals surface area contributed by atoms with Crippen molar-refractivity contribution in [1.82, 2.24) is 5.32 Å². The van der Waals surface area contributed by atoms with E-state index in [2.05, 4.69) is 5.32 Å². The summed E-state index contributed by atoms with van der Waals surface area (Å²) in [6.07, 6.45) is 1.43. The molecule has 4 aromatic carbocycles. The Bertz CT molecular complexity index is 1660. The maximum Gasteiger partial charge on any atom is 0.338 e. The van der Waals surface area contributed by atoms with Crippen LogP contribution in [-0.2, 0) is 20.9 Å². The number of carbonyl (C=O) groups excluding carboxylic acids is 4. The number of halogens is 1. The molecule has 8 nitrogen and oxygen atoms in total. The molecule has 1 N–H and O–H groups in total. The molecule has 4 amide bonds. The highest BCUT2D eigenvalue weighted by molar-refractivity contribution is 6.39. The van der Waals surface area contributed by atoms with Crippen LogP contribution in [0.3, 0.4) is 0 Å². The van der Waals surface area contributed by atoms with Crippen molar-refractivity contribution in [2.75, 3.05) is 11.5 Å². The van der Waals surface area contributed by atoms with Crippen LogP contribution in [-0.4, -0.2) is 30.4 Å². The molecule has 1 fully saturated rings. The molecule has 1 aliphatic heterocycles. The topological polar surface area (TPSA) is 102 Å². The lowest BCUT2D eigenvalue weighted by molar-refractivity contribution is -0.122. The van der Waals surface area contributed by atoms with E-state index in [-0.39, 0.29) is 30.0 Å². The summed E-state index contributed by atoms with van der Waals surface area (Å²) in [7, 11) is 0. The number of rotatable bonds is 7. The second-order valence-electron chi connectivity index (χ2n) is 8.84. The van der Waals surface area contributed by atoms with Crippen LogP contribution in [0.2, 0.25) is 5.02 Å². The third-order valence-corrected chi connectivity index (χ3v) is 6.52. The first-order valence-corrected chi connectivity index (χ1v) is 12.8. The molecule has 1 saturated heterocycles. The van der Waals surface area contributed by atoms with Crippen LogP contribution >= 0.6 is 11.6 Å². The maximum atomic E-state index is 13.6. The van der Waals surface area contributed by atoms with Crippen LogP contribution in [0, 0.1) is 0 Å². The number of fused-ring (bicyclic) bond motifs is 1. The fraction of sp³-hybridized carbons (Fsp3) is 0.0968. The minimum atomic E-state index is -0.895. The van der Waals surface area contributed by atoms with Gasteiger partial charge < -0.3 is 9.47 Å². The van der Waals surface area contributed by atoms with Gasteiger partial charge in [-0.05, 0) is 71.8 Å². The van der Waals surface area contributed by atoms with E-state index in [4.69, 9.17) is 21.1 Å².